The molecule has 1 aliphatic rings. The van der Waals surface area contributed by atoms with Crippen molar-refractivity contribution < 1.29 is 4.58 Å². The van der Waals surface area contributed by atoms with Crippen LogP contribution in [0.1, 0.15) is 38.7 Å². The SMILES string of the molecule is C[C@@H]1CCC[C@@H](C)[N+]1=C(Nc1cccc(Cl)c1)c1ccccc1. The maximum absolute atomic E-state index is 6.15. The highest BCUT2D eigenvalue weighted by molar-refractivity contribution is 6.31. The molecular formula is C20H24ClN2+. The minimum atomic E-state index is 0.528. The normalized spacial score (nSPS) is 21.1. The number of nitrogens with zero attached hydrogens (tertiary/aromatic N) is 1. The van der Waals surface area contributed by atoms with E-state index in [2.05, 4.69) is 60.1 Å². The van der Waals surface area contributed by atoms with Gasteiger partial charge in [0, 0.05) is 11.1 Å². The highest BCUT2D eigenvalue weighted by Gasteiger charge is 2.29. The Kier molecular flexibility index (Phi) is 5.02. The average Bonchev–Trinajstić information content (AvgIpc) is 2.54. The smallest absolute Gasteiger partial charge is 0.256 e. The van der Waals surface area contributed by atoms with Crippen molar-refractivity contribution in [3.05, 3.63) is 65.2 Å². The van der Waals surface area contributed by atoms with Crippen LogP contribution in [-0.4, -0.2) is 22.5 Å². The quantitative estimate of drug-likeness (QED) is 0.594. The largest absolute Gasteiger partial charge is 0.282 e. The third-order valence-electron chi connectivity index (χ3n) is 4.59. The van der Waals surface area contributed by atoms with Gasteiger partial charge in [-0.3, -0.25) is 4.58 Å². The topological polar surface area (TPSA) is 15.0 Å². The van der Waals surface area contributed by atoms with Gasteiger partial charge in [-0.05, 0) is 57.4 Å². The van der Waals surface area contributed by atoms with E-state index in [1.54, 1.807) is 0 Å². The zero-order chi connectivity index (χ0) is 16.2. The monoisotopic (exact) mass is 327 g/mol. The number of halogens is 1. The molecule has 3 heteroatoms. The molecule has 1 aliphatic heterocycles. The summed E-state index contributed by atoms with van der Waals surface area (Å²) in [5, 5.41) is 4.38. The van der Waals surface area contributed by atoms with E-state index in [0.717, 1.165) is 10.7 Å². The summed E-state index contributed by atoms with van der Waals surface area (Å²) in [5.41, 5.74) is 2.24. The highest BCUT2D eigenvalue weighted by Crippen LogP contribution is 2.22. The second kappa shape index (κ2) is 7.18. The first-order valence-corrected chi connectivity index (χ1v) is 8.76. The molecule has 1 heterocycles. The Bertz CT molecular complexity index is 682. The zero-order valence-corrected chi connectivity index (χ0v) is 14.6. The molecule has 2 nitrogen and oxygen atoms in total. The van der Waals surface area contributed by atoms with Gasteiger partial charge in [-0.15, -0.1) is 0 Å². The number of benzene rings is 2. The van der Waals surface area contributed by atoms with Crippen molar-refractivity contribution in [2.24, 2.45) is 0 Å². The fourth-order valence-electron chi connectivity index (χ4n) is 3.45. The molecule has 2 atom stereocenters. The van der Waals surface area contributed by atoms with E-state index in [4.69, 9.17) is 11.6 Å². The second-order valence-electron chi connectivity index (χ2n) is 6.39. The van der Waals surface area contributed by atoms with E-state index < -0.39 is 0 Å². The van der Waals surface area contributed by atoms with Gasteiger partial charge in [-0.1, -0.05) is 35.9 Å². The van der Waals surface area contributed by atoms with Gasteiger partial charge >= 0.3 is 0 Å². The molecule has 23 heavy (non-hydrogen) atoms. The lowest BCUT2D eigenvalue weighted by Gasteiger charge is -2.29. The van der Waals surface area contributed by atoms with E-state index in [9.17, 15) is 0 Å². The van der Waals surface area contributed by atoms with Crippen molar-refractivity contribution in [3.8, 4) is 0 Å². The molecule has 1 N–H and O–H groups in total. The maximum atomic E-state index is 6.15. The van der Waals surface area contributed by atoms with Crippen LogP contribution in [0.2, 0.25) is 5.02 Å². The van der Waals surface area contributed by atoms with E-state index in [1.165, 1.54) is 30.7 Å². The van der Waals surface area contributed by atoms with Crippen LogP contribution in [0, 0.1) is 0 Å². The Morgan fingerprint density at radius 3 is 2.35 bits per heavy atom. The number of amidine groups is 1. The lowest BCUT2D eigenvalue weighted by molar-refractivity contribution is -0.604. The van der Waals surface area contributed by atoms with Crippen LogP contribution in [-0.2, 0) is 0 Å². The molecule has 0 saturated carbocycles. The number of hydrogen-bond acceptors (Lipinski definition) is 0. The number of anilines is 1. The number of nitrogens with one attached hydrogen (secondary N) is 1. The molecule has 0 aliphatic carbocycles. The summed E-state index contributed by atoms with van der Waals surface area (Å²) in [6, 6.07) is 19.6. The third-order valence-corrected chi connectivity index (χ3v) is 4.82. The molecule has 3 rings (SSSR count). The van der Waals surface area contributed by atoms with Crippen molar-refractivity contribution in [3.63, 3.8) is 0 Å². The Morgan fingerprint density at radius 1 is 1.00 bits per heavy atom. The van der Waals surface area contributed by atoms with Crippen LogP contribution in [0.25, 0.3) is 0 Å². The summed E-state index contributed by atoms with van der Waals surface area (Å²) in [5.74, 6) is 1.17. The Labute approximate surface area is 143 Å². The van der Waals surface area contributed by atoms with Crippen molar-refractivity contribution in [1.82, 2.24) is 0 Å². The Hall–Kier alpha value is -1.80. The van der Waals surface area contributed by atoms with Gasteiger partial charge in [-0.25, -0.2) is 5.32 Å². The summed E-state index contributed by atoms with van der Waals surface area (Å²) in [4.78, 5) is 0. The summed E-state index contributed by atoms with van der Waals surface area (Å²) >= 11 is 6.15. The van der Waals surface area contributed by atoms with E-state index in [1.807, 2.05) is 18.2 Å². The molecule has 0 radical (unpaired) electrons. The molecule has 0 amide bonds. The Morgan fingerprint density at radius 2 is 1.70 bits per heavy atom. The lowest BCUT2D eigenvalue weighted by Crippen LogP contribution is -2.43. The molecule has 120 valence electrons. The third kappa shape index (κ3) is 3.76. The van der Waals surface area contributed by atoms with E-state index in [0.29, 0.717) is 12.1 Å². The van der Waals surface area contributed by atoms with Crippen LogP contribution in [0.4, 0.5) is 5.69 Å². The van der Waals surface area contributed by atoms with Crippen LogP contribution in [0.15, 0.2) is 54.6 Å². The first-order valence-electron chi connectivity index (χ1n) is 8.38. The summed E-state index contributed by atoms with van der Waals surface area (Å²) in [7, 11) is 0. The van der Waals surface area contributed by atoms with Gasteiger partial charge in [0.1, 0.15) is 5.69 Å². The molecule has 0 bridgehead atoms. The van der Waals surface area contributed by atoms with Crippen molar-refractivity contribution in [1.29, 1.82) is 0 Å². The summed E-state index contributed by atoms with van der Waals surface area (Å²) in [6.07, 6.45) is 3.77. The summed E-state index contributed by atoms with van der Waals surface area (Å²) < 4.78 is 2.53. The molecular weight excluding hydrogens is 304 g/mol. The van der Waals surface area contributed by atoms with E-state index >= 15 is 0 Å². The van der Waals surface area contributed by atoms with Gasteiger partial charge in [0.25, 0.3) is 5.84 Å². The van der Waals surface area contributed by atoms with Crippen molar-refractivity contribution >= 4 is 23.1 Å². The molecule has 1 saturated heterocycles. The number of hydrogen-bond donors (Lipinski definition) is 1. The second-order valence-corrected chi connectivity index (χ2v) is 6.82. The molecule has 1 fully saturated rings. The minimum absolute atomic E-state index is 0.528. The Balaban J connectivity index is 2.07. The minimum Gasteiger partial charge on any atom is -0.256 e. The van der Waals surface area contributed by atoms with Crippen molar-refractivity contribution in [2.45, 2.75) is 45.2 Å². The predicted octanol–water partition coefficient (Wildman–Crippen LogP) is 5.17. The fourth-order valence-corrected chi connectivity index (χ4v) is 3.64. The average molecular weight is 328 g/mol. The first-order chi connectivity index (χ1) is 11.1. The molecule has 0 aromatic heterocycles. The molecule has 2 aromatic carbocycles. The maximum Gasteiger partial charge on any atom is 0.282 e. The van der Waals surface area contributed by atoms with Crippen LogP contribution < -0.4 is 5.32 Å². The molecule has 0 spiro atoms. The predicted molar refractivity (Wildman–Crippen MR) is 98.7 cm³/mol. The molecule has 2 aromatic rings. The van der Waals surface area contributed by atoms with Gasteiger partial charge in [0.15, 0.2) is 0 Å². The van der Waals surface area contributed by atoms with Gasteiger partial charge < -0.3 is 0 Å². The van der Waals surface area contributed by atoms with Gasteiger partial charge in [0.2, 0.25) is 0 Å². The molecule has 0 unspecified atom stereocenters. The van der Waals surface area contributed by atoms with Crippen molar-refractivity contribution in [2.75, 3.05) is 5.32 Å². The van der Waals surface area contributed by atoms with Crippen LogP contribution in [0.5, 0.6) is 0 Å². The number of piperidine rings is 1. The lowest BCUT2D eigenvalue weighted by atomic mass is 9.98. The standard InChI is InChI=1S/C20H23ClN2/c1-15-8-6-9-16(2)23(15)20(17-10-4-3-5-11-17)22-19-13-7-12-18(21)14-19/h3-5,7,10-16H,6,8-9H2,1-2H3/p+1/t15-,16-/m1/s1. The van der Waals surface area contributed by atoms with Gasteiger partial charge in [-0.2, -0.15) is 0 Å². The van der Waals surface area contributed by atoms with Crippen LogP contribution in [0.3, 0.4) is 0 Å². The zero-order valence-electron chi connectivity index (χ0n) is 13.8. The fraction of sp³-hybridized carbons (Fsp3) is 0.350. The highest BCUT2D eigenvalue weighted by atomic mass is 35.5. The first kappa shape index (κ1) is 16.1. The number of rotatable bonds is 2. The van der Waals surface area contributed by atoms with Crippen LogP contribution >= 0.6 is 11.6 Å². The van der Waals surface area contributed by atoms with E-state index in [-0.39, 0.29) is 0 Å². The summed E-state index contributed by atoms with van der Waals surface area (Å²) in [6.45, 7) is 4.64. The van der Waals surface area contributed by atoms with Gasteiger partial charge in [0.05, 0.1) is 17.6 Å².